The van der Waals surface area contributed by atoms with Gasteiger partial charge in [-0.05, 0) is 42.0 Å². The van der Waals surface area contributed by atoms with Crippen molar-refractivity contribution < 1.29 is 19.5 Å². The number of anilines is 1. The number of aliphatic carboxylic acids is 1. The Morgan fingerprint density at radius 3 is 2.58 bits per heavy atom. The number of rotatable bonds is 5. The molecule has 2 aromatic rings. The molecule has 1 unspecified atom stereocenters. The first kappa shape index (κ1) is 18.1. The first-order valence-electron chi connectivity index (χ1n) is 8.49. The summed E-state index contributed by atoms with van der Waals surface area (Å²) in [6, 6.07) is 9.01. The number of nitrogens with one attached hydrogen (secondary N) is 1. The Balaban J connectivity index is 1.71. The smallest absolute Gasteiger partial charge is 0.308 e. The van der Waals surface area contributed by atoms with E-state index in [1.165, 1.54) is 16.2 Å². The number of likely N-dealkylation sites (tertiary alicyclic amines) is 1. The molecule has 0 bridgehead atoms. The van der Waals surface area contributed by atoms with Crippen molar-refractivity contribution in [2.45, 2.75) is 19.8 Å². The van der Waals surface area contributed by atoms with E-state index in [0.717, 1.165) is 12.0 Å². The van der Waals surface area contributed by atoms with Gasteiger partial charge in [0.15, 0.2) is 0 Å². The minimum Gasteiger partial charge on any atom is -0.481 e. The summed E-state index contributed by atoms with van der Waals surface area (Å²) in [4.78, 5) is 37.7. The number of carbonyl (C=O) groups is 3. The summed E-state index contributed by atoms with van der Waals surface area (Å²) in [6.07, 6.45) is 1.36. The van der Waals surface area contributed by atoms with Gasteiger partial charge in [-0.15, -0.1) is 11.3 Å². The maximum atomic E-state index is 12.7. The molecule has 2 amide bonds. The highest BCUT2D eigenvalue weighted by molar-refractivity contribution is 7.14. The van der Waals surface area contributed by atoms with Gasteiger partial charge in [-0.25, -0.2) is 0 Å². The van der Waals surface area contributed by atoms with Crippen molar-refractivity contribution >= 4 is 34.1 Å². The van der Waals surface area contributed by atoms with Gasteiger partial charge in [0.1, 0.15) is 5.00 Å². The molecule has 0 saturated carbocycles. The number of carboxylic acid groups (broad SMARTS) is 1. The Labute approximate surface area is 155 Å². The van der Waals surface area contributed by atoms with E-state index in [9.17, 15) is 14.4 Å². The van der Waals surface area contributed by atoms with E-state index in [-0.39, 0.29) is 18.4 Å². The van der Waals surface area contributed by atoms with Crippen LogP contribution in [0.3, 0.4) is 0 Å². The molecule has 1 atom stereocenters. The molecule has 0 radical (unpaired) electrons. The van der Waals surface area contributed by atoms with Crippen LogP contribution in [0, 0.1) is 5.92 Å². The van der Waals surface area contributed by atoms with E-state index in [0.29, 0.717) is 29.1 Å². The molecular weight excluding hydrogens is 352 g/mol. The third-order valence-corrected chi connectivity index (χ3v) is 5.40. The van der Waals surface area contributed by atoms with Crippen LogP contribution in [0.4, 0.5) is 5.00 Å². The van der Waals surface area contributed by atoms with Crippen LogP contribution >= 0.6 is 11.3 Å². The van der Waals surface area contributed by atoms with Crippen molar-refractivity contribution in [1.82, 2.24) is 4.90 Å². The van der Waals surface area contributed by atoms with E-state index >= 15 is 0 Å². The van der Waals surface area contributed by atoms with E-state index < -0.39 is 11.9 Å². The van der Waals surface area contributed by atoms with Gasteiger partial charge in [0.2, 0.25) is 0 Å². The molecule has 1 aromatic heterocycles. The second kappa shape index (κ2) is 7.70. The van der Waals surface area contributed by atoms with Crippen LogP contribution in [0.15, 0.2) is 35.7 Å². The van der Waals surface area contributed by atoms with E-state index in [1.807, 2.05) is 19.1 Å². The molecule has 2 heterocycles. The zero-order chi connectivity index (χ0) is 18.7. The van der Waals surface area contributed by atoms with Crippen LogP contribution in [0.5, 0.6) is 0 Å². The van der Waals surface area contributed by atoms with Crippen LogP contribution in [0.25, 0.3) is 0 Å². The Bertz CT molecular complexity index is 828. The quantitative estimate of drug-likeness (QED) is 0.844. The number of nitrogens with zero attached hydrogens (tertiary/aromatic N) is 1. The highest BCUT2D eigenvalue weighted by Gasteiger charge is 2.32. The molecular formula is C19H20N2O4S. The average molecular weight is 372 g/mol. The zero-order valence-corrected chi connectivity index (χ0v) is 15.2. The molecule has 0 aliphatic carbocycles. The highest BCUT2D eigenvalue weighted by Crippen LogP contribution is 2.27. The topological polar surface area (TPSA) is 86.7 Å². The number of benzene rings is 1. The molecule has 0 spiro atoms. The van der Waals surface area contributed by atoms with Crippen LogP contribution < -0.4 is 5.32 Å². The van der Waals surface area contributed by atoms with Crippen LogP contribution in [-0.4, -0.2) is 40.9 Å². The zero-order valence-electron chi connectivity index (χ0n) is 14.4. The number of hydrogen-bond acceptors (Lipinski definition) is 4. The molecule has 2 N–H and O–H groups in total. The third-order valence-electron chi connectivity index (χ3n) is 4.57. The Hall–Kier alpha value is -2.67. The van der Waals surface area contributed by atoms with Crippen LogP contribution in [0.1, 0.15) is 39.6 Å². The lowest BCUT2D eigenvalue weighted by atomic mass is 10.1. The summed E-state index contributed by atoms with van der Waals surface area (Å²) in [6.45, 7) is 2.67. The predicted molar refractivity (Wildman–Crippen MR) is 99.7 cm³/mol. The maximum Gasteiger partial charge on any atom is 0.308 e. The van der Waals surface area contributed by atoms with Crippen LogP contribution in [-0.2, 0) is 11.2 Å². The van der Waals surface area contributed by atoms with Crippen LogP contribution in [0.2, 0.25) is 0 Å². The van der Waals surface area contributed by atoms with Crippen molar-refractivity contribution in [2.24, 2.45) is 5.92 Å². The van der Waals surface area contributed by atoms with Crippen molar-refractivity contribution in [1.29, 1.82) is 0 Å². The van der Waals surface area contributed by atoms with Gasteiger partial charge in [0, 0.05) is 18.7 Å². The fourth-order valence-electron chi connectivity index (χ4n) is 2.96. The first-order valence-corrected chi connectivity index (χ1v) is 9.37. The Morgan fingerprint density at radius 1 is 1.23 bits per heavy atom. The van der Waals surface area contributed by atoms with Crippen molar-refractivity contribution in [3.63, 3.8) is 0 Å². The predicted octanol–water partition coefficient (Wildman–Crippen LogP) is 3.11. The van der Waals surface area contributed by atoms with E-state index in [2.05, 4.69) is 5.32 Å². The summed E-state index contributed by atoms with van der Waals surface area (Å²) in [5.74, 6) is -1.91. The molecule has 1 aliphatic rings. The van der Waals surface area contributed by atoms with Crippen molar-refractivity contribution in [2.75, 3.05) is 18.4 Å². The largest absolute Gasteiger partial charge is 0.481 e. The number of aryl methyl sites for hydroxylation is 1. The molecule has 6 nitrogen and oxygen atoms in total. The molecule has 1 aliphatic heterocycles. The number of carbonyl (C=O) groups excluding carboxylic acids is 2. The highest BCUT2D eigenvalue weighted by atomic mass is 32.1. The minimum absolute atomic E-state index is 0.204. The molecule has 1 saturated heterocycles. The second-order valence-electron chi connectivity index (χ2n) is 6.24. The molecule has 3 rings (SSSR count). The van der Waals surface area contributed by atoms with Gasteiger partial charge in [0.25, 0.3) is 11.8 Å². The third kappa shape index (κ3) is 3.77. The summed E-state index contributed by atoms with van der Waals surface area (Å²) in [5, 5.41) is 14.1. The molecule has 1 aromatic carbocycles. The number of thiophene rings is 1. The standard InChI is InChI=1S/C19H20N2O4S/c1-2-12-3-5-13(6-4-12)16(22)20-17-15(8-10-26-17)18(23)21-9-7-14(11-21)19(24)25/h3-6,8,10,14H,2,7,9,11H2,1H3,(H,20,22)(H,24,25). The average Bonchev–Trinajstić information content (AvgIpc) is 3.31. The van der Waals surface area contributed by atoms with Gasteiger partial charge in [0.05, 0.1) is 11.5 Å². The van der Waals surface area contributed by atoms with Gasteiger partial charge in [-0.2, -0.15) is 0 Å². The van der Waals surface area contributed by atoms with Gasteiger partial charge >= 0.3 is 5.97 Å². The Kier molecular flexibility index (Phi) is 5.37. The fourth-order valence-corrected chi connectivity index (χ4v) is 3.73. The summed E-state index contributed by atoms with van der Waals surface area (Å²) < 4.78 is 0. The minimum atomic E-state index is -0.880. The molecule has 136 valence electrons. The summed E-state index contributed by atoms with van der Waals surface area (Å²) in [5.41, 5.74) is 2.08. The second-order valence-corrected chi connectivity index (χ2v) is 7.16. The van der Waals surface area contributed by atoms with Gasteiger partial charge in [-0.3, -0.25) is 14.4 Å². The van der Waals surface area contributed by atoms with E-state index in [4.69, 9.17) is 5.11 Å². The first-order chi connectivity index (χ1) is 12.5. The fraction of sp³-hybridized carbons (Fsp3) is 0.316. The lowest BCUT2D eigenvalue weighted by Crippen LogP contribution is -2.30. The van der Waals surface area contributed by atoms with Gasteiger partial charge < -0.3 is 15.3 Å². The number of carboxylic acids is 1. The monoisotopic (exact) mass is 372 g/mol. The molecule has 1 fully saturated rings. The Morgan fingerprint density at radius 2 is 1.96 bits per heavy atom. The lowest BCUT2D eigenvalue weighted by molar-refractivity contribution is -0.141. The summed E-state index contributed by atoms with van der Waals surface area (Å²) in [7, 11) is 0. The maximum absolute atomic E-state index is 12.7. The van der Waals surface area contributed by atoms with Gasteiger partial charge in [-0.1, -0.05) is 19.1 Å². The molecule has 7 heteroatoms. The SMILES string of the molecule is CCc1ccc(C(=O)Nc2sccc2C(=O)N2CCC(C(=O)O)C2)cc1. The number of hydrogen-bond donors (Lipinski definition) is 2. The summed E-state index contributed by atoms with van der Waals surface area (Å²) >= 11 is 1.28. The molecule has 26 heavy (non-hydrogen) atoms. The normalized spacial score (nSPS) is 16.5. The van der Waals surface area contributed by atoms with Crippen molar-refractivity contribution in [3.8, 4) is 0 Å². The lowest BCUT2D eigenvalue weighted by Gasteiger charge is -2.16. The van der Waals surface area contributed by atoms with E-state index in [1.54, 1.807) is 23.6 Å². The number of amides is 2. The van der Waals surface area contributed by atoms with Crippen molar-refractivity contribution in [3.05, 3.63) is 52.4 Å².